The highest BCUT2D eigenvalue weighted by atomic mass is 16.7. The Morgan fingerprint density at radius 2 is 2.12 bits per heavy atom. The van der Waals surface area contributed by atoms with Crippen LogP contribution in [0.25, 0.3) is 0 Å². The minimum Gasteiger partial charge on any atom is -0.487 e. The minimum atomic E-state index is -0.875. The third kappa shape index (κ3) is 2.97. The smallest absolute Gasteiger partial charge is 0.223 e. The van der Waals surface area contributed by atoms with Gasteiger partial charge in [-0.15, -0.1) is 0 Å². The minimum absolute atomic E-state index is 0.00282. The van der Waals surface area contributed by atoms with E-state index in [1.54, 1.807) is 24.0 Å². The van der Waals surface area contributed by atoms with Crippen LogP contribution < -0.4 is 4.74 Å². The number of fused-ring (bicyclic) bond motifs is 1. The van der Waals surface area contributed by atoms with E-state index in [-0.39, 0.29) is 5.91 Å². The number of carbonyl (C=O) groups is 1. The molecule has 3 rings (SSSR count). The number of methoxy groups -OCH3 is 2. The molecule has 2 aliphatic heterocycles. The van der Waals surface area contributed by atoms with Crippen molar-refractivity contribution >= 4 is 5.91 Å². The third-order valence-corrected chi connectivity index (χ3v) is 4.83. The molecule has 7 heteroatoms. The summed E-state index contributed by atoms with van der Waals surface area (Å²) in [6.45, 7) is 2.34. The zero-order chi connectivity index (χ0) is 18.1. The fourth-order valence-corrected chi connectivity index (χ4v) is 3.63. The van der Waals surface area contributed by atoms with Crippen LogP contribution in [0.15, 0.2) is 12.1 Å². The summed E-state index contributed by atoms with van der Waals surface area (Å²) in [7, 11) is 3.00. The highest BCUT2D eigenvalue weighted by Gasteiger charge is 2.43. The Labute approximate surface area is 146 Å². The van der Waals surface area contributed by atoms with Gasteiger partial charge in [0.05, 0.1) is 23.2 Å². The normalized spacial score (nSPS) is 25.7. The molecule has 0 spiro atoms. The van der Waals surface area contributed by atoms with Gasteiger partial charge in [0.2, 0.25) is 5.91 Å². The number of aliphatic hydroxyl groups excluding tert-OH is 1. The summed E-state index contributed by atoms with van der Waals surface area (Å²) >= 11 is 0. The summed E-state index contributed by atoms with van der Waals surface area (Å²) < 4.78 is 16.6. The summed E-state index contributed by atoms with van der Waals surface area (Å²) in [5.41, 5.74) is 1.60. The maximum atomic E-state index is 12.3. The van der Waals surface area contributed by atoms with Gasteiger partial charge in [0.25, 0.3) is 0 Å². The monoisotopic (exact) mass is 346 g/mol. The van der Waals surface area contributed by atoms with E-state index in [9.17, 15) is 15.2 Å². The van der Waals surface area contributed by atoms with Crippen LogP contribution in [-0.4, -0.2) is 48.9 Å². The number of rotatable bonds is 4. The maximum absolute atomic E-state index is 12.3. The topological polar surface area (TPSA) is 92.0 Å². The van der Waals surface area contributed by atoms with Crippen molar-refractivity contribution in [3.05, 3.63) is 28.8 Å². The molecule has 1 amide bonds. The number of hydrogen-bond donors (Lipinski definition) is 1. The molecule has 2 aliphatic rings. The van der Waals surface area contributed by atoms with Crippen molar-refractivity contribution in [3.8, 4) is 11.8 Å². The largest absolute Gasteiger partial charge is 0.487 e. The predicted octanol–water partition coefficient (Wildman–Crippen LogP) is 1.65. The Kier molecular flexibility index (Phi) is 4.95. The number of nitrogens with zero attached hydrogens (tertiary/aromatic N) is 2. The Balaban J connectivity index is 2.18. The second kappa shape index (κ2) is 7.00. The lowest BCUT2D eigenvalue weighted by Gasteiger charge is -2.41. The van der Waals surface area contributed by atoms with Gasteiger partial charge in [-0.1, -0.05) is 0 Å². The van der Waals surface area contributed by atoms with Gasteiger partial charge in [-0.25, -0.2) is 0 Å². The van der Waals surface area contributed by atoms with Gasteiger partial charge < -0.3 is 24.2 Å². The van der Waals surface area contributed by atoms with Gasteiger partial charge >= 0.3 is 0 Å². The van der Waals surface area contributed by atoms with Crippen molar-refractivity contribution in [3.63, 3.8) is 0 Å². The maximum Gasteiger partial charge on any atom is 0.223 e. The second-order valence-corrected chi connectivity index (χ2v) is 6.35. The molecule has 0 bridgehead atoms. The molecule has 1 saturated heterocycles. The van der Waals surface area contributed by atoms with E-state index in [0.29, 0.717) is 35.4 Å². The number of benzene rings is 1. The molecule has 2 heterocycles. The van der Waals surface area contributed by atoms with Gasteiger partial charge in [-0.2, -0.15) is 5.26 Å². The van der Waals surface area contributed by atoms with E-state index in [1.165, 1.54) is 14.2 Å². The van der Waals surface area contributed by atoms with Crippen LogP contribution in [0.4, 0.5) is 0 Å². The van der Waals surface area contributed by atoms with Crippen LogP contribution in [-0.2, 0) is 14.3 Å². The van der Waals surface area contributed by atoms with Crippen LogP contribution in [0.3, 0.4) is 0 Å². The number of hydrogen-bond acceptors (Lipinski definition) is 6. The molecular weight excluding hydrogens is 324 g/mol. The first-order valence-corrected chi connectivity index (χ1v) is 8.29. The van der Waals surface area contributed by atoms with Gasteiger partial charge in [0.15, 0.2) is 6.29 Å². The molecule has 3 unspecified atom stereocenters. The quantitative estimate of drug-likeness (QED) is 0.834. The van der Waals surface area contributed by atoms with E-state index < -0.39 is 24.5 Å². The first kappa shape index (κ1) is 17.7. The lowest BCUT2D eigenvalue weighted by Crippen LogP contribution is -2.47. The Bertz CT molecular complexity index is 710. The number of aliphatic hydroxyl groups is 1. The number of nitriles is 1. The van der Waals surface area contributed by atoms with Crippen molar-refractivity contribution < 1.29 is 24.1 Å². The molecule has 1 fully saturated rings. The Hall–Kier alpha value is -2.14. The number of likely N-dealkylation sites (tertiary alicyclic amines) is 1. The van der Waals surface area contributed by atoms with Crippen LogP contribution >= 0.6 is 0 Å². The molecule has 1 aromatic rings. The molecule has 3 atom stereocenters. The molecule has 0 saturated carbocycles. The molecule has 7 nitrogen and oxygen atoms in total. The van der Waals surface area contributed by atoms with Gasteiger partial charge in [-0.05, 0) is 25.5 Å². The first-order chi connectivity index (χ1) is 12.0. The highest BCUT2D eigenvalue weighted by Crippen LogP contribution is 2.45. The number of ether oxygens (including phenoxy) is 3. The van der Waals surface area contributed by atoms with Crippen LogP contribution in [0, 0.1) is 11.3 Å². The van der Waals surface area contributed by atoms with E-state index in [0.717, 1.165) is 6.42 Å². The van der Waals surface area contributed by atoms with Crippen molar-refractivity contribution in [1.82, 2.24) is 4.90 Å². The molecular formula is C18H22N2O5. The lowest BCUT2D eigenvalue weighted by atomic mass is 9.89. The van der Waals surface area contributed by atoms with Gasteiger partial charge in [0.1, 0.15) is 18.0 Å². The molecule has 1 N–H and O–H groups in total. The molecule has 1 aromatic carbocycles. The zero-order valence-electron chi connectivity index (χ0n) is 14.6. The van der Waals surface area contributed by atoms with Crippen LogP contribution in [0.5, 0.6) is 5.75 Å². The Morgan fingerprint density at radius 3 is 2.68 bits per heavy atom. The van der Waals surface area contributed by atoms with Crippen molar-refractivity contribution in [2.24, 2.45) is 0 Å². The summed E-state index contributed by atoms with van der Waals surface area (Å²) in [4.78, 5) is 14.0. The fourth-order valence-electron chi connectivity index (χ4n) is 3.63. The van der Waals surface area contributed by atoms with Crippen molar-refractivity contribution in [2.75, 3.05) is 20.8 Å². The van der Waals surface area contributed by atoms with E-state index in [2.05, 4.69) is 6.07 Å². The fraction of sp³-hybridized carbons (Fsp3) is 0.556. The molecule has 0 aromatic heterocycles. The zero-order valence-corrected chi connectivity index (χ0v) is 14.6. The molecule has 25 heavy (non-hydrogen) atoms. The second-order valence-electron chi connectivity index (χ2n) is 6.35. The summed E-state index contributed by atoms with van der Waals surface area (Å²) in [6, 6.07) is 4.90. The number of amides is 1. The third-order valence-electron chi connectivity index (χ3n) is 4.83. The van der Waals surface area contributed by atoms with Crippen LogP contribution in [0.2, 0.25) is 0 Å². The summed E-state index contributed by atoms with van der Waals surface area (Å²) in [5.74, 6) is 0.512. The average Bonchev–Trinajstić information content (AvgIpc) is 3.03. The molecule has 0 radical (unpaired) electrons. The number of carbonyl (C=O) groups excluding carboxylic acids is 1. The SMILES string of the molecule is COC(OC)c1cc(C#N)cc2c1OC(C)C(O)C2N1CCCC1=O. The standard InChI is InChI=1S/C18H22N2O5/c1-10-16(22)15(20-6-4-5-14(20)21)12-7-11(9-19)8-13(17(12)25-10)18(23-2)24-3/h7-8,10,15-16,18,22H,4-6H2,1-3H3. The summed E-state index contributed by atoms with van der Waals surface area (Å²) in [5, 5.41) is 20.1. The Morgan fingerprint density at radius 1 is 1.40 bits per heavy atom. The molecule has 0 aliphatic carbocycles. The lowest BCUT2D eigenvalue weighted by molar-refractivity contribution is -0.135. The average molecular weight is 346 g/mol. The van der Waals surface area contributed by atoms with Gasteiger partial charge in [-0.3, -0.25) is 4.79 Å². The summed E-state index contributed by atoms with van der Waals surface area (Å²) in [6.07, 6.45) is -0.862. The van der Waals surface area contributed by atoms with E-state index in [1.807, 2.05) is 0 Å². The van der Waals surface area contributed by atoms with E-state index >= 15 is 0 Å². The van der Waals surface area contributed by atoms with Crippen molar-refractivity contribution in [1.29, 1.82) is 5.26 Å². The van der Waals surface area contributed by atoms with Crippen LogP contribution in [0.1, 0.15) is 48.8 Å². The molecule has 134 valence electrons. The predicted molar refractivity (Wildman–Crippen MR) is 87.7 cm³/mol. The van der Waals surface area contributed by atoms with E-state index in [4.69, 9.17) is 14.2 Å². The first-order valence-electron chi connectivity index (χ1n) is 8.29. The van der Waals surface area contributed by atoms with Gasteiger partial charge in [0, 0.05) is 32.7 Å². The van der Waals surface area contributed by atoms with Crippen molar-refractivity contribution in [2.45, 2.75) is 44.3 Å². The highest BCUT2D eigenvalue weighted by molar-refractivity contribution is 5.79.